The minimum Gasteiger partial charge on any atom is -0.381 e. The summed E-state index contributed by atoms with van der Waals surface area (Å²) in [6.45, 7) is 0.324. The van der Waals surface area contributed by atoms with Gasteiger partial charge in [0.2, 0.25) is 5.91 Å². The summed E-state index contributed by atoms with van der Waals surface area (Å²) < 4.78 is 71.8. The number of alkyl halides is 3. The van der Waals surface area contributed by atoms with Crippen LogP contribution in [0.5, 0.6) is 0 Å². The number of hydrogen-bond acceptors (Lipinski definition) is 2. The highest BCUT2D eigenvalue weighted by Crippen LogP contribution is 2.39. The molecule has 1 heterocycles. The van der Waals surface area contributed by atoms with E-state index >= 15 is 0 Å². The molecule has 1 fully saturated rings. The van der Waals surface area contributed by atoms with E-state index in [-0.39, 0.29) is 37.3 Å². The number of benzene rings is 2. The van der Waals surface area contributed by atoms with E-state index in [1.54, 1.807) is 0 Å². The standard InChI is InChI=1S/C19H16F5NO2/c20-14-4-5-15(21)16(11-14)25-17(26)18(6-8-27-9-7-18)12-2-1-3-13(10-12)19(22,23)24/h1-5,10-11H,6-9H2,(H,25,26). The van der Waals surface area contributed by atoms with Crippen molar-refractivity contribution in [2.75, 3.05) is 18.5 Å². The van der Waals surface area contributed by atoms with Gasteiger partial charge >= 0.3 is 6.18 Å². The largest absolute Gasteiger partial charge is 0.416 e. The van der Waals surface area contributed by atoms with Crippen molar-refractivity contribution in [2.24, 2.45) is 0 Å². The molecule has 1 saturated heterocycles. The molecule has 0 atom stereocenters. The van der Waals surface area contributed by atoms with Gasteiger partial charge in [-0.1, -0.05) is 18.2 Å². The highest BCUT2D eigenvalue weighted by molar-refractivity contribution is 5.99. The predicted octanol–water partition coefficient (Wildman–Crippen LogP) is 4.67. The highest BCUT2D eigenvalue weighted by Gasteiger charge is 2.43. The Morgan fingerprint density at radius 2 is 1.74 bits per heavy atom. The lowest BCUT2D eigenvalue weighted by Gasteiger charge is -2.36. The van der Waals surface area contributed by atoms with Crippen molar-refractivity contribution in [1.82, 2.24) is 0 Å². The van der Waals surface area contributed by atoms with Gasteiger partial charge in [-0.2, -0.15) is 13.2 Å². The molecule has 0 aromatic heterocycles. The summed E-state index contributed by atoms with van der Waals surface area (Å²) >= 11 is 0. The Bertz CT molecular complexity index is 844. The Kier molecular flexibility index (Phi) is 5.19. The molecule has 1 N–H and O–H groups in total. The monoisotopic (exact) mass is 385 g/mol. The maximum absolute atomic E-state index is 13.9. The fourth-order valence-electron chi connectivity index (χ4n) is 3.20. The second kappa shape index (κ2) is 7.26. The van der Waals surface area contributed by atoms with Gasteiger partial charge in [-0.25, -0.2) is 8.78 Å². The van der Waals surface area contributed by atoms with Crippen molar-refractivity contribution < 1.29 is 31.5 Å². The first kappa shape index (κ1) is 19.3. The lowest BCUT2D eigenvalue weighted by Crippen LogP contribution is -2.45. The van der Waals surface area contributed by atoms with Gasteiger partial charge in [0, 0.05) is 19.3 Å². The molecular formula is C19H16F5NO2. The van der Waals surface area contributed by atoms with Gasteiger partial charge in [0.15, 0.2) is 0 Å². The third-order valence-electron chi connectivity index (χ3n) is 4.70. The maximum atomic E-state index is 13.9. The summed E-state index contributed by atoms with van der Waals surface area (Å²) in [5, 5.41) is 2.33. The second-order valence-electron chi connectivity index (χ2n) is 6.35. The van der Waals surface area contributed by atoms with Crippen LogP contribution in [0.1, 0.15) is 24.0 Å². The van der Waals surface area contributed by atoms with Crippen molar-refractivity contribution in [1.29, 1.82) is 0 Å². The van der Waals surface area contributed by atoms with Crippen LogP contribution in [0.25, 0.3) is 0 Å². The molecule has 1 amide bonds. The highest BCUT2D eigenvalue weighted by atomic mass is 19.4. The van der Waals surface area contributed by atoms with Crippen LogP contribution in [-0.2, 0) is 21.1 Å². The molecule has 1 aliphatic rings. The first-order chi connectivity index (χ1) is 12.7. The zero-order valence-corrected chi connectivity index (χ0v) is 14.1. The third kappa shape index (κ3) is 3.95. The van der Waals surface area contributed by atoms with E-state index in [1.807, 2.05) is 0 Å². The number of rotatable bonds is 3. The summed E-state index contributed by atoms with van der Waals surface area (Å²) in [7, 11) is 0. The summed E-state index contributed by atoms with van der Waals surface area (Å²) in [4.78, 5) is 13.0. The van der Waals surface area contributed by atoms with E-state index in [4.69, 9.17) is 4.74 Å². The Balaban J connectivity index is 2.00. The van der Waals surface area contributed by atoms with Gasteiger partial charge in [-0.3, -0.25) is 4.79 Å². The average molecular weight is 385 g/mol. The molecule has 144 valence electrons. The molecule has 0 spiro atoms. The number of halogens is 5. The van der Waals surface area contributed by atoms with Gasteiger partial charge < -0.3 is 10.1 Å². The Hall–Kier alpha value is -2.48. The number of anilines is 1. The summed E-state index contributed by atoms with van der Waals surface area (Å²) in [5.41, 5.74) is -2.42. The first-order valence-corrected chi connectivity index (χ1v) is 8.24. The van der Waals surface area contributed by atoms with Crippen LogP contribution in [0.4, 0.5) is 27.6 Å². The van der Waals surface area contributed by atoms with E-state index in [2.05, 4.69) is 5.32 Å². The van der Waals surface area contributed by atoms with Crippen LogP contribution < -0.4 is 5.32 Å². The van der Waals surface area contributed by atoms with Gasteiger partial charge in [-0.05, 0) is 36.6 Å². The number of nitrogens with one attached hydrogen (secondary N) is 1. The molecule has 8 heteroatoms. The van der Waals surface area contributed by atoms with E-state index < -0.39 is 34.7 Å². The molecule has 3 nitrogen and oxygen atoms in total. The van der Waals surface area contributed by atoms with Crippen LogP contribution >= 0.6 is 0 Å². The van der Waals surface area contributed by atoms with E-state index in [0.29, 0.717) is 0 Å². The zero-order chi connectivity index (χ0) is 19.7. The minimum atomic E-state index is -4.56. The molecule has 2 aromatic rings. The number of hydrogen-bond donors (Lipinski definition) is 1. The number of carbonyl (C=O) groups is 1. The van der Waals surface area contributed by atoms with Crippen molar-refractivity contribution in [3.05, 3.63) is 65.2 Å². The Labute approximate surface area is 152 Å². The number of ether oxygens (including phenoxy) is 1. The predicted molar refractivity (Wildman–Crippen MR) is 88.2 cm³/mol. The lowest BCUT2D eigenvalue weighted by molar-refractivity contribution is -0.138. The van der Waals surface area contributed by atoms with Crippen molar-refractivity contribution in [3.63, 3.8) is 0 Å². The Morgan fingerprint density at radius 3 is 2.41 bits per heavy atom. The second-order valence-corrected chi connectivity index (χ2v) is 6.35. The van der Waals surface area contributed by atoms with Gasteiger partial charge in [-0.15, -0.1) is 0 Å². The minimum absolute atomic E-state index is 0.122. The lowest BCUT2D eigenvalue weighted by atomic mass is 9.73. The molecule has 0 radical (unpaired) electrons. The molecule has 2 aromatic carbocycles. The number of carbonyl (C=O) groups excluding carboxylic acids is 1. The maximum Gasteiger partial charge on any atom is 0.416 e. The van der Waals surface area contributed by atoms with Crippen LogP contribution in [0.3, 0.4) is 0 Å². The zero-order valence-electron chi connectivity index (χ0n) is 14.1. The van der Waals surface area contributed by atoms with Crippen LogP contribution in [0.2, 0.25) is 0 Å². The molecule has 0 bridgehead atoms. The quantitative estimate of drug-likeness (QED) is 0.780. The van der Waals surface area contributed by atoms with Crippen LogP contribution in [-0.4, -0.2) is 19.1 Å². The number of amides is 1. The van der Waals surface area contributed by atoms with Crippen molar-refractivity contribution in [2.45, 2.75) is 24.4 Å². The summed E-state index contributed by atoms with van der Waals surface area (Å²) in [6.07, 6.45) is -4.32. The van der Waals surface area contributed by atoms with Crippen molar-refractivity contribution >= 4 is 11.6 Å². The van der Waals surface area contributed by atoms with Gasteiger partial charge in [0.25, 0.3) is 0 Å². The topological polar surface area (TPSA) is 38.3 Å². The first-order valence-electron chi connectivity index (χ1n) is 8.24. The van der Waals surface area contributed by atoms with Crippen molar-refractivity contribution in [3.8, 4) is 0 Å². The Morgan fingerprint density at radius 1 is 1.04 bits per heavy atom. The molecule has 3 rings (SSSR count). The van der Waals surface area contributed by atoms with Crippen LogP contribution in [0, 0.1) is 11.6 Å². The van der Waals surface area contributed by atoms with Gasteiger partial charge in [0.05, 0.1) is 16.7 Å². The van der Waals surface area contributed by atoms with E-state index in [0.717, 1.165) is 30.3 Å². The fraction of sp³-hybridized carbons (Fsp3) is 0.316. The van der Waals surface area contributed by atoms with E-state index in [9.17, 15) is 26.7 Å². The molecule has 27 heavy (non-hydrogen) atoms. The van der Waals surface area contributed by atoms with Crippen LogP contribution in [0.15, 0.2) is 42.5 Å². The molecule has 0 unspecified atom stereocenters. The van der Waals surface area contributed by atoms with E-state index in [1.165, 1.54) is 12.1 Å². The normalized spacial score (nSPS) is 16.8. The molecular weight excluding hydrogens is 369 g/mol. The SMILES string of the molecule is O=C(Nc1cc(F)ccc1F)C1(c2cccc(C(F)(F)F)c2)CCOCC1. The third-order valence-corrected chi connectivity index (χ3v) is 4.70. The molecule has 0 saturated carbocycles. The fourth-order valence-corrected chi connectivity index (χ4v) is 3.20. The average Bonchev–Trinajstić information content (AvgIpc) is 2.64. The molecule has 0 aliphatic carbocycles. The summed E-state index contributed by atoms with van der Waals surface area (Å²) in [5.74, 6) is -2.28. The smallest absolute Gasteiger partial charge is 0.381 e. The molecule has 1 aliphatic heterocycles. The van der Waals surface area contributed by atoms with Gasteiger partial charge in [0.1, 0.15) is 11.6 Å². The summed E-state index contributed by atoms with van der Waals surface area (Å²) in [6, 6.07) is 7.10.